The number of halogens is 5. The Balaban J connectivity index is 2.14. The van der Waals surface area contributed by atoms with Gasteiger partial charge in [-0.3, -0.25) is 9.36 Å². The summed E-state index contributed by atoms with van der Waals surface area (Å²) in [6.45, 7) is 3.58. The van der Waals surface area contributed by atoms with Crippen molar-refractivity contribution < 1.29 is 23.1 Å². The van der Waals surface area contributed by atoms with Crippen LogP contribution in [0.15, 0.2) is 18.3 Å². The van der Waals surface area contributed by atoms with E-state index in [1.807, 2.05) is 6.92 Å². The summed E-state index contributed by atoms with van der Waals surface area (Å²) in [5.74, 6) is -0.0248. The summed E-state index contributed by atoms with van der Waals surface area (Å²) in [4.78, 5) is 24.8. The molecule has 196 valence electrons. The molecule has 0 aliphatic carbocycles. The summed E-state index contributed by atoms with van der Waals surface area (Å²) in [6.07, 6.45) is -1.29. The van der Waals surface area contributed by atoms with Crippen molar-refractivity contribution in [1.82, 2.24) is 19.5 Å². The second-order valence-electron chi connectivity index (χ2n) is 8.32. The predicted octanol–water partition coefficient (Wildman–Crippen LogP) is 5.29. The number of imidazole rings is 1. The first kappa shape index (κ1) is 27.8. The van der Waals surface area contributed by atoms with Gasteiger partial charge in [0.15, 0.2) is 5.65 Å². The number of rotatable bonds is 11. The Morgan fingerprint density at radius 1 is 1.22 bits per heavy atom. The number of anilines is 3. The number of carbonyl (C=O) groups is 1. The lowest BCUT2D eigenvalue weighted by Crippen LogP contribution is -2.21. The lowest BCUT2D eigenvalue weighted by molar-refractivity contribution is -0.137. The first-order chi connectivity index (χ1) is 16.9. The van der Waals surface area contributed by atoms with Gasteiger partial charge in [-0.05, 0) is 31.9 Å². The quantitative estimate of drug-likeness (QED) is 0.256. The van der Waals surface area contributed by atoms with Crippen LogP contribution in [0.4, 0.5) is 30.8 Å². The Morgan fingerprint density at radius 2 is 1.89 bits per heavy atom. The monoisotopic (exact) mass is 547 g/mol. The molecule has 0 radical (unpaired) electrons. The molecule has 0 bridgehead atoms. The van der Waals surface area contributed by atoms with Crippen molar-refractivity contribution in [3.8, 4) is 0 Å². The molecule has 5 N–H and O–H groups in total. The van der Waals surface area contributed by atoms with Gasteiger partial charge in [0.1, 0.15) is 5.52 Å². The van der Waals surface area contributed by atoms with Crippen molar-refractivity contribution in [2.75, 3.05) is 17.2 Å². The lowest BCUT2D eigenvalue weighted by Gasteiger charge is -2.22. The van der Waals surface area contributed by atoms with Gasteiger partial charge in [0.05, 0.1) is 34.1 Å². The van der Waals surface area contributed by atoms with Crippen LogP contribution in [0.25, 0.3) is 11.2 Å². The molecule has 0 unspecified atom stereocenters. The fraction of sp³-hybridized carbons (Fsp3) is 0.455. The van der Waals surface area contributed by atoms with Gasteiger partial charge >= 0.3 is 6.18 Å². The van der Waals surface area contributed by atoms with E-state index in [0.717, 1.165) is 18.6 Å². The fourth-order valence-corrected chi connectivity index (χ4v) is 4.25. The van der Waals surface area contributed by atoms with Crippen molar-refractivity contribution in [3.63, 3.8) is 0 Å². The summed E-state index contributed by atoms with van der Waals surface area (Å²) in [6, 6.07) is 0.942. The van der Waals surface area contributed by atoms with E-state index in [1.54, 1.807) is 11.5 Å². The van der Waals surface area contributed by atoms with Gasteiger partial charge in [-0.2, -0.15) is 18.2 Å². The summed E-state index contributed by atoms with van der Waals surface area (Å²) >= 11 is 12.4. The highest BCUT2D eigenvalue weighted by atomic mass is 35.5. The van der Waals surface area contributed by atoms with E-state index in [1.165, 1.54) is 6.20 Å². The largest absolute Gasteiger partial charge is 0.416 e. The number of nitrogens with two attached hydrogens (primary N) is 1. The molecule has 9 nitrogen and oxygen atoms in total. The van der Waals surface area contributed by atoms with Crippen LogP contribution in [0.3, 0.4) is 0 Å². The van der Waals surface area contributed by atoms with Gasteiger partial charge < -0.3 is 21.5 Å². The fourth-order valence-electron chi connectivity index (χ4n) is 3.67. The van der Waals surface area contributed by atoms with Crippen LogP contribution in [0.2, 0.25) is 10.0 Å². The number of hydrogen-bond acceptors (Lipinski definition) is 7. The maximum absolute atomic E-state index is 13.2. The second-order valence-corrected chi connectivity index (χ2v) is 9.14. The topological polar surface area (TPSA) is 131 Å². The number of primary amides is 1. The molecule has 3 rings (SSSR count). The SMILES string of the molecule is CCC[C@@H](CCC(N)=O)n1c(Nc2c(Cl)cc(C(F)(F)F)cc2Cl)nc2cnc(N[C@@H](C)CO)nc21. The number of hydrogen-bond donors (Lipinski definition) is 4. The van der Waals surface area contributed by atoms with Crippen molar-refractivity contribution in [1.29, 1.82) is 0 Å². The minimum atomic E-state index is -4.62. The first-order valence-electron chi connectivity index (χ1n) is 11.2. The minimum absolute atomic E-state index is 0.0354. The van der Waals surface area contributed by atoms with Crippen LogP contribution in [0, 0.1) is 0 Å². The van der Waals surface area contributed by atoms with E-state index >= 15 is 0 Å². The average molecular weight is 548 g/mol. The van der Waals surface area contributed by atoms with E-state index in [9.17, 15) is 23.1 Å². The zero-order chi connectivity index (χ0) is 26.6. The Labute approximate surface area is 215 Å². The molecule has 0 fully saturated rings. The molecule has 0 aliphatic rings. The second kappa shape index (κ2) is 11.5. The van der Waals surface area contributed by atoms with Gasteiger partial charge in [-0.1, -0.05) is 36.5 Å². The Hall–Kier alpha value is -2.83. The molecule has 0 saturated carbocycles. The maximum Gasteiger partial charge on any atom is 0.416 e. The molecule has 1 aromatic carbocycles. The summed E-state index contributed by atoms with van der Waals surface area (Å²) in [5.41, 5.74) is 5.23. The van der Waals surface area contributed by atoms with Gasteiger partial charge in [-0.15, -0.1) is 0 Å². The zero-order valence-corrected chi connectivity index (χ0v) is 21.0. The number of aliphatic hydroxyl groups is 1. The molecule has 3 aromatic rings. The number of aliphatic hydroxyl groups excluding tert-OH is 1. The van der Waals surface area contributed by atoms with Crippen LogP contribution < -0.4 is 16.4 Å². The van der Waals surface area contributed by atoms with Crippen molar-refractivity contribution in [2.24, 2.45) is 5.73 Å². The average Bonchev–Trinajstić information content (AvgIpc) is 3.15. The highest BCUT2D eigenvalue weighted by Gasteiger charge is 2.32. The van der Waals surface area contributed by atoms with E-state index in [4.69, 9.17) is 28.9 Å². The Kier molecular flexibility index (Phi) is 8.85. The molecule has 0 aliphatic heterocycles. The van der Waals surface area contributed by atoms with Crippen LogP contribution in [0.5, 0.6) is 0 Å². The standard InChI is InChI=1S/C22H26Cl2F3N7O2/c1-3-4-13(5-6-17(28)36)34-19-16(9-29-20(33-19)30-11(2)10-35)31-21(34)32-18-14(23)7-12(8-15(18)24)22(25,26)27/h7-9,11,13,35H,3-6,10H2,1-2H3,(H2,28,36)(H,31,32)(H,29,30,33)/t11-,13-/m0/s1. The normalized spacial score (nSPS) is 13.6. The smallest absolute Gasteiger partial charge is 0.394 e. The summed E-state index contributed by atoms with van der Waals surface area (Å²) < 4.78 is 41.3. The number of amides is 1. The Morgan fingerprint density at radius 3 is 2.44 bits per heavy atom. The molecule has 0 spiro atoms. The summed E-state index contributed by atoms with van der Waals surface area (Å²) in [7, 11) is 0. The number of aromatic nitrogens is 4. The molecule has 2 aromatic heterocycles. The van der Waals surface area contributed by atoms with Crippen LogP contribution in [-0.4, -0.2) is 43.2 Å². The number of carbonyl (C=O) groups excluding carboxylic acids is 1. The van der Waals surface area contributed by atoms with Crippen LogP contribution in [-0.2, 0) is 11.0 Å². The third-order valence-corrected chi connectivity index (χ3v) is 6.00. The molecular formula is C22H26Cl2F3N7O2. The molecular weight excluding hydrogens is 522 g/mol. The number of nitrogens with zero attached hydrogens (tertiary/aromatic N) is 4. The van der Waals surface area contributed by atoms with Crippen molar-refractivity contribution >= 4 is 57.9 Å². The number of nitrogens with one attached hydrogen (secondary N) is 2. The third kappa shape index (κ3) is 6.48. The highest BCUT2D eigenvalue weighted by molar-refractivity contribution is 6.39. The Bertz CT molecular complexity index is 1210. The number of benzene rings is 1. The predicted molar refractivity (Wildman–Crippen MR) is 133 cm³/mol. The van der Waals surface area contributed by atoms with Crippen molar-refractivity contribution in [3.05, 3.63) is 33.9 Å². The first-order valence-corrected chi connectivity index (χ1v) is 11.9. The van der Waals surface area contributed by atoms with Crippen molar-refractivity contribution in [2.45, 2.75) is 57.8 Å². The van der Waals surface area contributed by atoms with Crippen LogP contribution >= 0.6 is 23.2 Å². The molecule has 1 amide bonds. The molecule has 2 heterocycles. The van der Waals surface area contributed by atoms with E-state index in [-0.39, 0.29) is 52.7 Å². The number of fused-ring (bicyclic) bond motifs is 1. The van der Waals surface area contributed by atoms with E-state index in [2.05, 4.69) is 25.6 Å². The van der Waals surface area contributed by atoms with E-state index in [0.29, 0.717) is 24.0 Å². The minimum Gasteiger partial charge on any atom is -0.394 e. The van der Waals surface area contributed by atoms with Crippen LogP contribution in [0.1, 0.15) is 51.1 Å². The molecule has 14 heteroatoms. The van der Waals surface area contributed by atoms with Gasteiger partial charge in [0, 0.05) is 18.5 Å². The maximum atomic E-state index is 13.2. The van der Waals surface area contributed by atoms with E-state index < -0.39 is 17.6 Å². The van der Waals surface area contributed by atoms with Gasteiger partial charge in [-0.25, -0.2) is 9.97 Å². The third-order valence-electron chi connectivity index (χ3n) is 5.40. The number of alkyl halides is 3. The molecule has 36 heavy (non-hydrogen) atoms. The highest BCUT2D eigenvalue weighted by Crippen LogP contribution is 2.40. The summed E-state index contributed by atoms with van der Waals surface area (Å²) in [5, 5.41) is 14.8. The van der Waals surface area contributed by atoms with Gasteiger partial charge in [0.2, 0.25) is 17.8 Å². The zero-order valence-electron chi connectivity index (χ0n) is 19.5. The molecule has 2 atom stereocenters. The molecule has 0 saturated heterocycles. The lowest BCUT2D eigenvalue weighted by atomic mass is 10.1. The van der Waals surface area contributed by atoms with Gasteiger partial charge in [0.25, 0.3) is 0 Å².